The number of carbonyl (C=O) groups excluding carboxylic acids is 1. The number of hydrogen-bond donors (Lipinski definition) is 3. The molecule has 0 amide bonds. The van der Waals surface area contributed by atoms with Gasteiger partial charge in [-0.15, -0.1) is 0 Å². The Balaban J connectivity index is 1.96. The lowest BCUT2D eigenvalue weighted by Gasteiger charge is -2.21. The fraction of sp³-hybridized carbons (Fsp3) is 0.952. The molecule has 0 aliphatic carbocycles. The third-order valence-corrected chi connectivity index (χ3v) is 5.40. The van der Waals surface area contributed by atoms with Gasteiger partial charge in [0.2, 0.25) is 0 Å². The molecule has 0 radical (unpaired) electrons. The van der Waals surface area contributed by atoms with Crippen molar-refractivity contribution in [2.75, 3.05) is 0 Å². The van der Waals surface area contributed by atoms with E-state index in [0.717, 1.165) is 12.8 Å². The van der Waals surface area contributed by atoms with Crippen molar-refractivity contribution < 1.29 is 24.9 Å². The Kier molecular flexibility index (Phi) is 13.0. The summed E-state index contributed by atoms with van der Waals surface area (Å²) in [5.74, 6) is -0.268. The smallest absolute Gasteiger partial charge is 0.306 e. The number of hydrogen-bond acceptors (Lipinski definition) is 5. The van der Waals surface area contributed by atoms with Crippen LogP contribution in [0.4, 0.5) is 0 Å². The van der Waals surface area contributed by atoms with Crippen LogP contribution in [0.1, 0.15) is 103 Å². The third-order valence-electron chi connectivity index (χ3n) is 5.40. The summed E-state index contributed by atoms with van der Waals surface area (Å²) in [6.45, 7) is 2.24. The van der Waals surface area contributed by atoms with Crippen LogP contribution in [0, 0.1) is 0 Å². The van der Waals surface area contributed by atoms with E-state index in [1.54, 1.807) is 0 Å². The summed E-state index contributed by atoms with van der Waals surface area (Å²) in [5.41, 5.74) is 0. The van der Waals surface area contributed by atoms with Crippen LogP contribution in [0.15, 0.2) is 0 Å². The van der Waals surface area contributed by atoms with Crippen LogP contribution in [0.25, 0.3) is 0 Å². The zero-order chi connectivity index (χ0) is 19.2. The fourth-order valence-corrected chi connectivity index (χ4v) is 3.57. The summed E-state index contributed by atoms with van der Waals surface area (Å²) in [6, 6.07) is 0. The molecular formula is C21H40O5. The molecule has 0 bridgehead atoms. The topological polar surface area (TPSA) is 87.0 Å². The van der Waals surface area contributed by atoms with Crippen LogP contribution in [0.3, 0.4) is 0 Å². The van der Waals surface area contributed by atoms with Gasteiger partial charge >= 0.3 is 5.97 Å². The minimum Gasteiger partial charge on any atom is -0.460 e. The highest BCUT2D eigenvalue weighted by molar-refractivity contribution is 5.71. The quantitative estimate of drug-likeness (QED) is 0.283. The van der Waals surface area contributed by atoms with E-state index in [-0.39, 0.29) is 5.97 Å². The monoisotopic (exact) mass is 372 g/mol. The summed E-state index contributed by atoms with van der Waals surface area (Å²) in [7, 11) is 0. The molecule has 0 spiro atoms. The van der Waals surface area contributed by atoms with Gasteiger partial charge in [0.05, 0.1) is 18.3 Å². The molecule has 4 atom stereocenters. The highest BCUT2D eigenvalue weighted by atomic mass is 16.6. The number of cyclic esters (lactones) is 1. The molecule has 0 aromatic heterocycles. The molecule has 1 heterocycles. The van der Waals surface area contributed by atoms with Crippen molar-refractivity contribution in [1.82, 2.24) is 0 Å². The van der Waals surface area contributed by atoms with E-state index in [4.69, 9.17) is 4.74 Å². The Morgan fingerprint density at radius 2 is 1.38 bits per heavy atom. The van der Waals surface area contributed by atoms with Gasteiger partial charge in [-0.2, -0.15) is 0 Å². The first-order valence-corrected chi connectivity index (χ1v) is 10.8. The van der Waals surface area contributed by atoms with Gasteiger partial charge in [0, 0.05) is 6.42 Å². The lowest BCUT2D eigenvalue weighted by molar-refractivity contribution is -0.145. The molecule has 1 rings (SSSR count). The minimum atomic E-state index is -0.819. The van der Waals surface area contributed by atoms with Gasteiger partial charge in [0.25, 0.3) is 0 Å². The van der Waals surface area contributed by atoms with E-state index in [2.05, 4.69) is 6.92 Å². The SMILES string of the molecule is CCCCCCCCCCCC[C@@H](O)[C@H](O)CC[C@@H](O)[C@H]1CCC(=O)O1. The number of rotatable bonds is 16. The van der Waals surface area contributed by atoms with E-state index >= 15 is 0 Å². The molecule has 1 saturated heterocycles. The number of esters is 1. The zero-order valence-corrected chi connectivity index (χ0v) is 16.6. The lowest BCUT2D eigenvalue weighted by atomic mass is 9.98. The Hall–Kier alpha value is -0.650. The minimum absolute atomic E-state index is 0.268. The van der Waals surface area contributed by atoms with Gasteiger partial charge < -0.3 is 20.1 Å². The van der Waals surface area contributed by atoms with Crippen molar-refractivity contribution in [1.29, 1.82) is 0 Å². The molecule has 154 valence electrons. The molecule has 26 heavy (non-hydrogen) atoms. The molecule has 5 nitrogen and oxygen atoms in total. The summed E-state index contributed by atoms with van der Waals surface area (Å²) < 4.78 is 5.02. The van der Waals surface area contributed by atoms with Crippen molar-refractivity contribution in [3.63, 3.8) is 0 Å². The molecule has 5 heteroatoms. The average Bonchev–Trinajstić information content (AvgIpc) is 3.07. The van der Waals surface area contributed by atoms with E-state index in [9.17, 15) is 20.1 Å². The molecule has 0 unspecified atom stereocenters. The van der Waals surface area contributed by atoms with Crippen molar-refractivity contribution in [3.8, 4) is 0 Å². The molecule has 0 aromatic rings. The van der Waals surface area contributed by atoms with E-state index in [1.807, 2.05) is 0 Å². The molecule has 0 aromatic carbocycles. The summed E-state index contributed by atoms with van der Waals surface area (Å²) in [4.78, 5) is 11.1. The largest absolute Gasteiger partial charge is 0.460 e. The molecule has 0 saturated carbocycles. The highest BCUT2D eigenvalue weighted by Gasteiger charge is 2.30. The Labute approximate surface area is 159 Å². The van der Waals surface area contributed by atoms with Crippen LogP contribution in [0.2, 0.25) is 0 Å². The van der Waals surface area contributed by atoms with Crippen molar-refractivity contribution in [3.05, 3.63) is 0 Å². The standard InChI is InChI=1S/C21H40O5/c1-2-3-4-5-6-7-8-9-10-11-12-17(22)18(23)13-14-19(24)20-15-16-21(25)26-20/h17-20,22-24H,2-16H2,1H3/t17-,18-,19-,20-/m1/s1. The molecule has 1 aliphatic rings. The Bertz CT molecular complexity index is 360. The van der Waals surface area contributed by atoms with Gasteiger partial charge in [0.1, 0.15) is 6.10 Å². The average molecular weight is 373 g/mol. The number of aliphatic hydroxyl groups is 3. The van der Waals surface area contributed by atoms with Crippen LogP contribution in [-0.4, -0.2) is 45.7 Å². The molecular weight excluding hydrogens is 332 g/mol. The summed E-state index contributed by atoms with van der Waals surface area (Å²) >= 11 is 0. The maximum absolute atomic E-state index is 11.1. The van der Waals surface area contributed by atoms with Gasteiger partial charge in [-0.3, -0.25) is 4.79 Å². The number of aliphatic hydroxyl groups excluding tert-OH is 3. The van der Waals surface area contributed by atoms with Crippen LogP contribution < -0.4 is 0 Å². The molecule has 3 N–H and O–H groups in total. The van der Waals surface area contributed by atoms with Gasteiger partial charge in [-0.05, 0) is 25.7 Å². The zero-order valence-electron chi connectivity index (χ0n) is 16.6. The van der Waals surface area contributed by atoms with Crippen LogP contribution in [-0.2, 0) is 9.53 Å². The normalized spacial score (nSPS) is 20.8. The number of carbonyl (C=O) groups is 1. The Morgan fingerprint density at radius 1 is 0.846 bits per heavy atom. The summed E-state index contributed by atoms with van der Waals surface area (Å²) in [6.07, 6.45) is 11.9. The van der Waals surface area contributed by atoms with Crippen molar-refractivity contribution in [2.45, 2.75) is 128 Å². The predicted molar refractivity (Wildman–Crippen MR) is 103 cm³/mol. The maximum Gasteiger partial charge on any atom is 0.306 e. The first kappa shape index (κ1) is 23.4. The van der Waals surface area contributed by atoms with Crippen molar-refractivity contribution in [2.24, 2.45) is 0 Å². The van der Waals surface area contributed by atoms with Gasteiger partial charge in [0.15, 0.2) is 0 Å². The molecule has 1 aliphatic heterocycles. The third kappa shape index (κ3) is 10.5. The number of unbranched alkanes of at least 4 members (excludes halogenated alkanes) is 9. The first-order chi connectivity index (χ1) is 12.5. The van der Waals surface area contributed by atoms with Crippen molar-refractivity contribution >= 4 is 5.97 Å². The van der Waals surface area contributed by atoms with E-state index < -0.39 is 24.4 Å². The van der Waals surface area contributed by atoms with Gasteiger partial charge in [-0.25, -0.2) is 0 Å². The second-order valence-electron chi connectivity index (χ2n) is 7.82. The second kappa shape index (κ2) is 14.4. The fourth-order valence-electron chi connectivity index (χ4n) is 3.57. The van der Waals surface area contributed by atoms with Crippen LogP contribution >= 0.6 is 0 Å². The van der Waals surface area contributed by atoms with Gasteiger partial charge in [-0.1, -0.05) is 71.1 Å². The van der Waals surface area contributed by atoms with E-state index in [0.29, 0.717) is 32.1 Å². The Morgan fingerprint density at radius 3 is 1.92 bits per heavy atom. The van der Waals surface area contributed by atoms with E-state index in [1.165, 1.54) is 51.4 Å². The second-order valence-corrected chi connectivity index (χ2v) is 7.82. The van der Waals surface area contributed by atoms with Crippen LogP contribution in [0.5, 0.6) is 0 Å². The predicted octanol–water partition coefficient (Wildman–Crippen LogP) is 3.87. The summed E-state index contributed by atoms with van der Waals surface area (Å²) in [5, 5.41) is 30.1. The maximum atomic E-state index is 11.1. The molecule has 1 fully saturated rings. The number of ether oxygens (including phenoxy) is 1. The highest BCUT2D eigenvalue weighted by Crippen LogP contribution is 2.21. The lowest BCUT2D eigenvalue weighted by Crippen LogP contribution is -2.31. The first-order valence-electron chi connectivity index (χ1n) is 10.8.